The normalized spacial score (nSPS) is 10.9. The van der Waals surface area contributed by atoms with Crippen molar-refractivity contribution in [2.24, 2.45) is 0 Å². The molecule has 0 atom stereocenters. The lowest BCUT2D eigenvalue weighted by Crippen LogP contribution is -2.04. The van der Waals surface area contributed by atoms with E-state index in [1.54, 1.807) is 6.26 Å². The van der Waals surface area contributed by atoms with Crippen LogP contribution in [-0.4, -0.2) is 24.2 Å². The molecule has 0 radical (unpaired) electrons. The van der Waals surface area contributed by atoms with E-state index >= 15 is 0 Å². The van der Waals surface area contributed by atoms with Crippen molar-refractivity contribution in [3.05, 3.63) is 73.0 Å². The number of rotatable bonds is 10. The van der Waals surface area contributed by atoms with Gasteiger partial charge >= 0.3 is 5.97 Å². The first-order chi connectivity index (χ1) is 15.7. The summed E-state index contributed by atoms with van der Waals surface area (Å²) in [5.74, 6) is 1.33. The van der Waals surface area contributed by atoms with E-state index in [-0.39, 0.29) is 5.97 Å². The zero-order valence-corrected chi connectivity index (χ0v) is 18.3. The lowest BCUT2D eigenvalue weighted by molar-refractivity contribution is -0.143. The van der Waals surface area contributed by atoms with E-state index < -0.39 is 0 Å². The van der Waals surface area contributed by atoms with Gasteiger partial charge in [-0.05, 0) is 61.2 Å². The van der Waals surface area contributed by atoms with Crippen LogP contribution in [0.5, 0.6) is 5.75 Å². The van der Waals surface area contributed by atoms with Gasteiger partial charge in [0.1, 0.15) is 17.7 Å². The van der Waals surface area contributed by atoms with Crippen molar-refractivity contribution >= 4 is 16.7 Å². The number of unbranched alkanes of at least 4 members (excludes halogenated alkanes) is 2. The molecule has 0 fully saturated rings. The van der Waals surface area contributed by atoms with E-state index in [4.69, 9.17) is 13.9 Å². The SMILES string of the molecule is CCOC(=O)CCCCCOc1ccc2cc(-c3nc(-c4ccccc4)co3)ccc2c1. The topological polar surface area (TPSA) is 61.6 Å². The summed E-state index contributed by atoms with van der Waals surface area (Å²) in [6.07, 6.45) is 4.85. The number of oxazole rings is 1. The molecular formula is C27H27NO4. The molecule has 1 heterocycles. The molecular weight excluding hydrogens is 402 g/mol. The monoisotopic (exact) mass is 429 g/mol. The largest absolute Gasteiger partial charge is 0.494 e. The molecule has 5 heteroatoms. The molecule has 164 valence electrons. The number of carbonyl (C=O) groups is 1. The highest BCUT2D eigenvalue weighted by Crippen LogP contribution is 2.29. The smallest absolute Gasteiger partial charge is 0.305 e. The van der Waals surface area contributed by atoms with E-state index in [0.717, 1.165) is 52.6 Å². The zero-order valence-electron chi connectivity index (χ0n) is 18.3. The zero-order chi connectivity index (χ0) is 22.2. The number of hydrogen-bond acceptors (Lipinski definition) is 5. The van der Waals surface area contributed by atoms with Gasteiger partial charge in [0, 0.05) is 17.5 Å². The summed E-state index contributed by atoms with van der Waals surface area (Å²) in [6.45, 7) is 2.90. The van der Waals surface area contributed by atoms with Crippen LogP contribution in [0.1, 0.15) is 32.6 Å². The van der Waals surface area contributed by atoms with Gasteiger partial charge in [0.05, 0.1) is 13.2 Å². The number of hydrogen-bond donors (Lipinski definition) is 0. The number of esters is 1. The van der Waals surface area contributed by atoms with Crippen LogP contribution in [0.4, 0.5) is 0 Å². The minimum absolute atomic E-state index is 0.122. The number of nitrogens with zero attached hydrogens (tertiary/aromatic N) is 1. The van der Waals surface area contributed by atoms with Gasteiger partial charge in [0.2, 0.25) is 5.89 Å². The first-order valence-electron chi connectivity index (χ1n) is 11.1. The Hall–Kier alpha value is -3.60. The van der Waals surface area contributed by atoms with Crippen molar-refractivity contribution in [3.8, 4) is 28.5 Å². The molecule has 0 saturated carbocycles. The van der Waals surface area contributed by atoms with Gasteiger partial charge in [-0.1, -0.05) is 42.5 Å². The highest BCUT2D eigenvalue weighted by Gasteiger charge is 2.09. The fourth-order valence-electron chi connectivity index (χ4n) is 3.57. The second-order valence-electron chi connectivity index (χ2n) is 7.59. The first-order valence-corrected chi connectivity index (χ1v) is 11.1. The lowest BCUT2D eigenvalue weighted by atomic mass is 10.1. The molecule has 3 aromatic carbocycles. The standard InChI is InChI=1S/C27H27NO4/c1-2-30-26(29)11-7-4-8-16-31-24-15-14-21-17-23(13-12-22(21)18-24)27-28-25(19-32-27)20-9-5-3-6-10-20/h3,5-6,9-10,12-15,17-19H,2,4,7-8,11,16H2,1H3. The van der Waals surface area contributed by atoms with E-state index in [0.29, 0.717) is 25.5 Å². The van der Waals surface area contributed by atoms with Crippen molar-refractivity contribution in [2.45, 2.75) is 32.6 Å². The van der Waals surface area contributed by atoms with Crippen LogP contribution in [0.25, 0.3) is 33.5 Å². The van der Waals surface area contributed by atoms with Crippen LogP contribution in [0.15, 0.2) is 77.4 Å². The summed E-state index contributed by atoms with van der Waals surface area (Å²) >= 11 is 0. The second-order valence-corrected chi connectivity index (χ2v) is 7.59. The van der Waals surface area contributed by atoms with Gasteiger partial charge < -0.3 is 13.9 Å². The quantitative estimate of drug-likeness (QED) is 0.208. The van der Waals surface area contributed by atoms with E-state index in [9.17, 15) is 4.79 Å². The summed E-state index contributed by atoms with van der Waals surface area (Å²) in [4.78, 5) is 16.0. The molecule has 0 bridgehead atoms. The number of aromatic nitrogens is 1. The summed E-state index contributed by atoms with van der Waals surface area (Å²) in [5.41, 5.74) is 2.80. The number of fused-ring (bicyclic) bond motifs is 1. The van der Waals surface area contributed by atoms with Gasteiger partial charge in [-0.25, -0.2) is 4.98 Å². The minimum Gasteiger partial charge on any atom is -0.494 e. The van der Waals surface area contributed by atoms with Crippen molar-refractivity contribution < 1.29 is 18.7 Å². The lowest BCUT2D eigenvalue weighted by Gasteiger charge is -2.08. The summed E-state index contributed by atoms with van der Waals surface area (Å²) in [5, 5.41) is 2.20. The summed E-state index contributed by atoms with van der Waals surface area (Å²) < 4.78 is 16.6. The number of ether oxygens (including phenoxy) is 2. The van der Waals surface area contributed by atoms with Crippen molar-refractivity contribution in [1.82, 2.24) is 4.98 Å². The predicted octanol–water partition coefficient (Wildman–Crippen LogP) is 6.66. The molecule has 32 heavy (non-hydrogen) atoms. The van der Waals surface area contributed by atoms with E-state index in [1.165, 1.54) is 0 Å². The van der Waals surface area contributed by atoms with Crippen LogP contribution >= 0.6 is 0 Å². The van der Waals surface area contributed by atoms with E-state index in [1.807, 2.05) is 55.5 Å². The summed E-state index contributed by atoms with van der Waals surface area (Å²) in [7, 11) is 0. The minimum atomic E-state index is -0.122. The molecule has 5 nitrogen and oxygen atoms in total. The first kappa shape index (κ1) is 21.6. The van der Waals surface area contributed by atoms with Gasteiger partial charge in [0.15, 0.2) is 0 Å². The van der Waals surface area contributed by atoms with Gasteiger partial charge in [0.25, 0.3) is 0 Å². The Kier molecular flexibility index (Phi) is 7.18. The molecule has 0 aliphatic carbocycles. The fraction of sp³-hybridized carbons (Fsp3) is 0.259. The van der Waals surface area contributed by atoms with Crippen LogP contribution in [-0.2, 0) is 9.53 Å². The van der Waals surface area contributed by atoms with Gasteiger partial charge in [-0.2, -0.15) is 0 Å². The third-order valence-corrected chi connectivity index (χ3v) is 5.23. The van der Waals surface area contributed by atoms with E-state index in [2.05, 4.69) is 23.2 Å². The molecule has 0 unspecified atom stereocenters. The Balaban J connectivity index is 1.34. The molecule has 4 aromatic rings. The molecule has 4 rings (SSSR count). The molecule has 0 N–H and O–H groups in total. The van der Waals surface area contributed by atoms with Crippen LogP contribution in [0.3, 0.4) is 0 Å². The number of carbonyl (C=O) groups excluding carboxylic acids is 1. The highest BCUT2D eigenvalue weighted by atomic mass is 16.5. The maximum absolute atomic E-state index is 11.3. The Bertz CT molecular complexity index is 1170. The van der Waals surface area contributed by atoms with Crippen LogP contribution < -0.4 is 4.74 Å². The Morgan fingerprint density at radius 1 is 0.906 bits per heavy atom. The Morgan fingerprint density at radius 3 is 2.56 bits per heavy atom. The molecule has 0 saturated heterocycles. The van der Waals surface area contributed by atoms with Crippen molar-refractivity contribution in [2.75, 3.05) is 13.2 Å². The highest BCUT2D eigenvalue weighted by molar-refractivity contribution is 5.87. The number of benzene rings is 3. The second kappa shape index (κ2) is 10.6. The third-order valence-electron chi connectivity index (χ3n) is 5.23. The summed E-state index contributed by atoms with van der Waals surface area (Å²) in [6, 6.07) is 22.2. The molecule has 0 aliphatic rings. The average Bonchev–Trinajstić information content (AvgIpc) is 3.32. The third kappa shape index (κ3) is 5.55. The molecule has 0 aliphatic heterocycles. The Morgan fingerprint density at radius 2 is 1.72 bits per heavy atom. The maximum atomic E-state index is 11.3. The maximum Gasteiger partial charge on any atom is 0.305 e. The van der Waals surface area contributed by atoms with Gasteiger partial charge in [-0.15, -0.1) is 0 Å². The predicted molar refractivity (Wildman–Crippen MR) is 125 cm³/mol. The molecule has 0 spiro atoms. The van der Waals surface area contributed by atoms with Crippen LogP contribution in [0, 0.1) is 0 Å². The molecule has 0 amide bonds. The van der Waals surface area contributed by atoms with Crippen molar-refractivity contribution in [1.29, 1.82) is 0 Å². The average molecular weight is 430 g/mol. The molecule has 1 aromatic heterocycles. The van der Waals surface area contributed by atoms with Crippen LogP contribution in [0.2, 0.25) is 0 Å². The van der Waals surface area contributed by atoms with Gasteiger partial charge in [-0.3, -0.25) is 4.79 Å². The fourth-order valence-corrected chi connectivity index (χ4v) is 3.57. The Labute approximate surface area is 188 Å². The van der Waals surface area contributed by atoms with Crippen molar-refractivity contribution in [3.63, 3.8) is 0 Å².